The van der Waals surface area contributed by atoms with Crippen molar-refractivity contribution in [1.82, 2.24) is 0 Å². The minimum absolute atomic E-state index is 0.103. The molecule has 0 atom stereocenters. The average Bonchev–Trinajstić information content (AvgIpc) is 2.48. The largest absolute Gasteiger partial charge is 0.507 e. The van der Waals surface area contributed by atoms with Crippen molar-refractivity contribution in [3.63, 3.8) is 0 Å². The molecule has 0 saturated heterocycles. The summed E-state index contributed by atoms with van der Waals surface area (Å²) >= 11 is 2.03. The van der Waals surface area contributed by atoms with Gasteiger partial charge in [-0.3, -0.25) is 4.79 Å². The lowest BCUT2D eigenvalue weighted by atomic mass is 10.00. The van der Waals surface area contributed by atoms with Gasteiger partial charge in [0.15, 0.2) is 0 Å². The van der Waals surface area contributed by atoms with E-state index >= 15 is 0 Å². The molecule has 4 nitrogen and oxygen atoms in total. The van der Waals surface area contributed by atoms with Crippen LogP contribution in [0, 0.1) is 3.57 Å². The SMILES string of the molecule is Nc1ccc2c(c1)N(C(=O)c1ccc(I)c(O)c1)CCC2. The van der Waals surface area contributed by atoms with Gasteiger partial charge in [-0.25, -0.2) is 0 Å². The fourth-order valence-electron chi connectivity index (χ4n) is 2.60. The molecular weight excluding hydrogens is 379 g/mol. The van der Waals surface area contributed by atoms with Gasteiger partial charge in [0, 0.05) is 23.5 Å². The van der Waals surface area contributed by atoms with Crippen LogP contribution >= 0.6 is 22.6 Å². The molecule has 3 rings (SSSR count). The van der Waals surface area contributed by atoms with Crippen LogP contribution in [0.25, 0.3) is 0 Å². The maximum atomic E-state index is 12.7. The standard InChI is InChI=1S/C16H15IN2O2/c17-13-6-4-11(8-15(13)20)16(21)19-7-1-2-10-3-5-12(18)9-14(10)19/h3-6,8-9,20H,1-2,7,18H2. The van der Waals surface area contributed by atoms with Gasteiger partial charge in [-0.1, -0.05) is 6.07 Å². The monoisotopic (exact) mass is 394 g/mol. The van der Waals surface area contributed by atoms with Crippen LogP contribution in [0.5, 0.6) is 5.75 Å². The number of carbonyl (C=O) groups excluding carboxylic acids is 1. The molecule has 2 aromatic rings. The van der Waals surface area contributed by atoms with Crippen LogP contribution in [0.15, 0.2) is 36.4 Å². The molecule has 1 heterocycles. The zero-order valence-electron chi connectivity index (χ0n) is 11.3. The van der Waals surface area contributed by atoms with Crippen LogP contribution in [0.3, 0.4) is 0 Å². The molecule has 0 fully saturated rings. The highest BCUT2D eigenvalue weighted by Gasteiger charge is 2.24. The Kier molecular flexibility index (Phi) is 3.75. The highest BCUT2D eigenvalue weighted by atomic mass is 127. The van der Waals surface area contributed by atoms with Crippen molar-refractivity contribution in [2.75, 3.05) is 17.2 Å². The molecule has 0 unspecified atom stereocenters. The molecule has 1 aliphatic heterocycles. The predicted molar refractivity (Wildman–Crippen MR) is 91.7 cm³/mol. The van der Waals surface area contributed by atoms with Crippen molar-refractivity contribution >= 4 is 39.9 Å². The molecule has 108 valence electrons. The molecule has 0 aliphatic carbocycles. The van der Waals surface area contributed by atoms with Gasteiger partial charge in [-0.15, -0.1) is 0 Å². The number of hydrogen-bond donors (Lipinski definition) is 2. The first-order valence-electron chi connectivity index (χ1n) is 6.75. The predicted octanol–water partition coefficient (Wildman–Crippen LogP) is 3.17. The van der Waals surface area contributed by atoms with Crippen molar-refractivity contribution in [2.24, 2.45) is 0 Å². The Bertz CT molecular complexity index is 715. The van der Waals surface area contributed by atoms with Crippen molar-refractivity contribution in [3.8, 4) is 5.75 Å². The molecule has 1 amide bonds. The van der Waals surface area contributed by atoms with Crippen LogP contribution in [0.1, 0.15) is 22.3 Å². The molecule has 0 aromatic heterocycles. The van der Waals surface area contributed by atoms with E-state index in [0.717, 1.165) is 27.7 Å². The number of phenolic OH excluding ortho intramolecular Hbond substituents is 1. The molecule has 3 N–H and O–H groups in total. The van der Waals surface area contributed by atoms with Crippen LogP contribution in [-0.2, 0) is 6.42 Å². The van der Waals surface area contributed by atoms with Crippen LogP contribution in [-0.4, -0.2) is 17.6 Å². The van der Waals surface area contributed by atoms with Gasteiger partial charge in [0.05, 0.1) is 3.57 Å². The number of benzene rings is 2. The summed E-state index contributed by atoms with van der Waals surface area (Å²) in [5.41, 5.74) is 9.01. The number of amides is 1. The number of phenols is 1. The maximum Gasteiger partial charge on any atom is 0.258 e. The topological polar surface area (TPSA) is 66.6 Å². The van der Waals surface area contributed by atoms with E-state index in [9.17, 15) is 9.90 Å². The van der Waals surface area contributed by atoms with Gasteiger partial charge < -0.3 is 15.7 Å². The average molecular weight is 394 g/mol. The number of nitrogens with zero attached hydrogens (tertiary/aromatic N) is 1. The maximum absolute atomic E-state index is 12.7. The van der Waals surface area contributed by atoms with Crippen LogP contribution in [0.4, 0.5) is 11.4 Å². The van der Waals surface area contributed by atoms with E-state index in [1.165, 1.54) is 6.07 Å². The highest BCUT2D eigenvalue weighted by Crippen LogP contribution is 2.31. The fraction of sp³-hybridized carbons (Fsp3) is 0.188. The minimum Gasteiger partial charge on any atom is -0.507 e. The van der Waals surface area contributed by atoms with E-state index in [0.29, 0.717) is 17.8 Å². The lowest BCUT2D eigenvalue weighted by Gasteiger charge is -2.30. The molecule has 0 spiro atoms. The van der Waals surface area contributed by atoms with Crippen molar-refractivity contribution in [2.45, 2.75) is 12.8 Å². The molecule has 2 aromatic carbocycles. The number of nitrogen functional groups attached to an aromatic ring is 1. The minimum atomic E-state index is -0.103. The Labute approximate surface area is 136 Å². The summed E-state index contributed by atoms with van der Waals surface area (Å²) in [6.07, 6.45) is 1.89. The molecule has 21 heavy (non-hydrogen) atoms. The van der Waals surface area contributed by atoms with Crippen molar-refractivity contribution in [3.05, 3.63) is 51.1 Å². The Morgan fingerprint density at radius 3 is 2.81 bits per heavy atom. The van der Waals surface area contributed by atoms with E-state index in [-0.39, 0.29) is 11.7 Å². The number of anilines is 2. The van der Waals surface area contributed by atoms with Gasteiger partial charge in [0.1, 0.15) is 5.75 Å². The number of aryl methyl sites for hydroxylation is 1. The lowest BCUT2D eigenvalue weighted by Crippen LogP contribution is -2.35. The second kappa shape index (κ2) is 5.55. The third-order valence-corrected chi connectivity index (χ3v) is 4.58. The summed E-state index contributed by atoms with van der Waals surface area (Å²) in [6, 6.07) is 10.7. The Balaban J connectivity index is 1.99. The summed E-state index contributed by atoms with van der Waals surface area (Å²) in [5, 5.41) is 9.79. The third kappa shape index (κ3) is 2.70. The second-order valence-electron chi connectivity index (χ2n) is 5.11. The van der Waals surface area contributed by atoms with Gasteiger partial charge in [0.2, 0.25) is 0 Å². The van der Waals surface area contributed by atoms with E-state index in [4.69, 9.17) is 5.73 Å². The fourth-order valence-corrected chi connectivity index (χ4v) is 2.94. The first-order valence-corrected chi connectivity index (χ1v) is 7.83. The highest BCUT2D eigenvalue weighted by molar-refractivity contribution is 14.1. The number of aromatic hydroxyl groups is 1. The first-order chi connectivity index (χ1) is 10.1. The summed E-state index contributed by atoms with van der Waals surface area (Å²) < 4.78 is 0.729. The van der Waals surface area contributed by atoms with Crippen LogP contribution < -0.4 is 10.6 Å². The van der Waals surface area contributed by atoms with E-state index in [1.807, 2.05) is 40.8 Å². The number of rotatable bonds is 1. The third-order valence-electron chi connectivity index (χ3n) is 3.67. The van der Waals surface area contributed by atoms with E-state index < -0.39 is 0 Å². The van der Waals surface area contributed by atoms with Gasteiger partial charge in [0.25, 0.3) is 5.91 Å². The Hall–Kier alpha value is -1.76. The molecule has 1 aliphatic rings. The first kappa shape index (κ1) is 14.2. The summed E-state index contributed by atoms with van der Waals surface area (Å²) in [7, 11) is 0. The smallest absolute Gasteiger partial charge is 0.258 e. The molecule has 5 heteroatoms. The summed E-state index contributed by atoms with van der Waals surface area (Å²) in [5.74, 6) is 0.0273. The summed E-state index contributed by atoms with van der Waals surface area (Å²) in [6.45, 7) is 0.669. The second-order valence-corrected chi connectivity index (χ2v) is 6.28. The molecular formula is C16H15IN2O2. The quantitative estimate of drug-likeness (QED) is 0.577. The normalized spacial score (nSPS) is 13.9. The zero-order valence-corrected chi connectivity index (χ0v) is 13.5. The van der Waals surface area contributed by atoms with Gasteiger partial charge in [-0.2, -0.15) is 0 Å². The number of carbonyl (C=O) groups is 1. The van der Waals surface area contributed by atoms with Crippen molar-refractivity contribution < 1.29 is 9.90 Å². The number of fused-ring (bicyclic) bond motifs is 1. The molecule has 0 saturated carbocycles. The number of nitrogens with two attached hydrogens (primary N) is 1. The van der Waals surface area contributed by atoms with E-state index in [1.54, 1.807) is 17.0 Å². The Morgan fingerprint density at radius 1 is 1.24 bits per heavy atom. The van der Waals surface area contributed by atoms with E-state index in [2.05, 4.69) is 0 Å². The molecule has 0 radical (unpaired) electrons. The van der Waals surface area contributed by atoms with Crippen molar-refractivity contribution in [1.29, 1.82) is 0 Å². The lowest BCUT2D eigenvalue weighted by molar-refractivity contribution is 0.0984. The zero-order chi connectivity index (χ0) is 15.0. The Morgan fingerprint density at radius 2 is 2.05 bits per heavy atom. The van der Waals surface area contributed by atoms with Gasteiger partial charge >= 0.3 is 0 Å². The number of hydrogen-bond acceptors (Lipinski definition) is 3. The number of halogens is 1. The van der Waals surface area contributed by atoms with Crippen LogP contribution in [0.2, 0.25) is 0 Å². The summed E-state index contributed by atoms with van der Waals surface area (Å²) in [4.78, 5) is 14.5. The molecule has 0 bridgehead atoms. The van der Waals surface area contributed by atoms with Gasteiger partial charge in [-0.05, 0) is 71.3 Å².